The van der Waals surface area contributed by atoms with Gasteiger partial charge in [-0.1, -0.05) is 12.1 Å². The Morgan fingerprint density at radius 3 is 1.70 bits per heavy atom. The first-order valence-corrected chi connectivity index (χ1v) is 12.9. The fraction of sp³-hybridized carbons (Fsp3) is 0.310. The minimum absolute atomic E-state index is 0.0320. The Bertz CT molecular complexity index is 1380. The number of carbonyl (C=O) groups excluding carboxylic acids is 2. The Morgan fingerprint density at radius 2 is 1.25 bits per heavy atom. The molecule has 0 saturated carbocycles. The number of pyridine rings is 1. The van der Waals surface area contributed by atoms with E-state index < -0.39 is 29.0 Å². The Kier molecular flexibility index (Phi) is 9.76. The molecule has 0 fully saturated rings. The maximum absolute atomic E-state index is 15.2. The lowest BCUT2D eigenvalue weighted by Gasteiger charge is -2.22. The molecule has 2 aromatic carbocycles. The first-order chi connectivity index (χ1) is 19.0. The van der Waals surface area contributed by atoms with Crippen molar-refractivity contribution in [3.63, 3.8) is 0 Å². The topological polar surface area (TPSA) is 122 Å². The van der Waals surface area contributed by atoms with Crippen LogP contribution in [0.4, 0.5) is 8.78 Å². The van der Waals surface area contributed by atoms with Gasteiger partial charge < -0.3 is 25.0 Å². The van der Waals surface area contributed by atoms with E-state index in [1.54, 1.807) is 21.9 Å². The summed E-state index contributed by atoms with van der Waals surface area (Å²) in [6.07, 6.45) is 0. The molecule has 0 bridgehead atoms. The highest BCUT2D eigenvalue weighted by molar-refractivity contribution is 6.00. The number of carbonyl (C=O) groups is 2. The predicted octanol–water partition coefficient (Wildman–Crippen LogP) is 5.50. The van der Waals surface area contributed by atoms with E-state index in [-0.39, 0.29) is 40.3 Å². The molecule has 0 atom stereocenters. The Hall–Kier alpha value is -4.54. The number of nitrogen functional groups attached to an aromatic ring is 1. The van der Waals surface area contributed by atoms with Crippen LogP contribution in [0.5, 0.6) is 23.3 Å². The third-order valence-corrected chi connectivity index (χ3v) is 6.31. The van der Waals surface area contributed by atoms with Crippen LogP contribution in [0, 0.1) is 24.0 Å². The lowest BCUT2D eigenvalue weighted by atomic mass is 10.1. The van der Waals surface area contributed by atoms with E-state index in [1.165, 1.54) is 37.3 Å². The van der Waals surface area contributed by atoms with Crippen LogP contribution in [0.1, 0.15) is 59.5 Å². The smallest absolute Gasteiger partial charge is 0.259 e. The number of aromatic nitrogens is 1. The molecule has 11 heteroatoms. The molecule has 212 valence electrons. The van der Waals surface area contributed by atoms with Gasteiger partial charge in [0.05, 0.1) is 0 Å². The summed E-state index contributed by atoms with van der Waals surface area (Å²) in [5.74, 6) is -4.07. The number of amides is 2. The molecule has 0 spiro atoms. The lowest BCUT2D eigenvalue weighted by molar-refractivity contribution is 0.0771. The van der Waals surface area contributed by atoms with Gasteiger partial charge in [0.1, 0.15) is 17.3 Å². The van der Waals surface area contributed by atoms with E-state index in [1.807, 2.05) is 27.7 Å². The second-order valence-corrected chi connectivity index (χ2v) is 8.82. The van der Waals surface area contributed by atoms with Crippen molar-refractivity contribution >= 4 is 17.6 Å². The van der Waals surface area contributed by atoms with Gasteiger partial charge >= 0.3 is 0 Å². The molecule has 2 amide bonds. The highest BCUT2D eigenvalue weighted by atomic mass is 19.1. The SMILES string of the molecule is CCN(CC)C(=O)c1cc(Oc2nc(Oc3cccc(C(=N)N)c3)c(F)c(C)c2F)cc(C(=O)N(CC)CC)c1. The van der Waals surface area contributed by atoms with Crippen LogP contribution in [0.15, 0.2) is 42.5 Å². The summed E-state index contributed by atoms with van der Waals surface area (Å²) in [5.41, 5.74) is 5.80. The monoisotopic (exact) mass is 553 g/mol. The molecule has 0 aliphatic carbocycles. The zero-order valence-electron chi connectivity index (χ0n) is 23.2. The average molecular weight is 554 g/mol. The number of amidine groups is 1. The van der Waals surface area contributed by atoms with E-state index >= 15 is 4.39 Å². The number of halogens is 2. The van der Waals surface area contributed by atoms with E-state index in [4.69, 9.17) is 20.6 Å². The molecule has 0 radical (unpaired) electrons. The molecule has 0 saturated heterocycles. The van der Waals surface area contributed by atoms with Crippen LogP contribution < -0.4 is 15.2 Å². The van der Waals surface area contributed by atoms with Gasteiger partial charge in [-0.2, -0.15) is 4.98 Å². The zero-order chi connectivity index (χ0) is 29.6. The van der Waals surface area contributed by atoms with Gasteiger partial charge in [-0.25, -0.2) is 8.78 Å². The average Bonchev–Trinajstić information content (AvgIpc) is 2.95. The second kappa shape index (κ2) is 13.0. The first kappa shape index (κ1) is 30.0. The number of hydrogen-bond acceptors (Lipinski definition) is 6. The number of rotatable bonds is 11. The minimum atomic E-state index is -1.07. The van der Waals surface area contributed by atoms with Crippen molar-refractivity contribution in [1.82, 2.24) is 14.8 Å². The fourth-order valence-corrected chi connectivity index (χ4v) is 3.98. The van der Waals surface area contributed by atoms with Gasteiger partial charge in [0.2, 0.25) is 0 Å². The summed E-state index contributed by atoms with van der Waals surface area (Å²) in [5, 5.41) is 7.58. The summed E-state index contributed by atoms with van der Waals surface area (Å²) >= 11 is 0. The molecule has 0 aliphatic heterocycles. The largest absolute Gasteiger partial charge is 0.436 e. The van der Waals surface area contributed by atoms with Crippen molar-refractivity contribution in [2.24, 2.45) is 5.73 Å². The highest BCUT2D eigenvalue weighted by Gasteiger charge is 2.24. The molecular weight excluding hydrogens is 520 g/mol. The third-order valence-electron chi connectivity index (χ3n) is 6.31. The maximum Gasteiger partial charge on any atom is 0.259 e. The van der Waals surface area contributed by atoms with Crippen LogP contribution in [0.25, 0.3) is 0 Å². The standard InChI is InChI=1S/C29H33F2N5O4/c1-6-35(7-2)28(37)19-13-20(29(38)36(8-3)9-4)16-22(15-19)40-27-24(31)17(5)23(30)26(34-27)39-21-12-10-11-18(14-21)25(32)33/h10-16H,6-9H2,1-5H3,(H3,32,33). The maximum atomic E-state index is 15.2. The van der Waals surface area contributed by atoms with E-state index in [2.05, 4.69) is 4.98 Å². The van der Waals surface area contributed by atoms with E-state index in [0.29, 0.717) is 31.7 Å². The number of ether oxygens (including phenoxy) is 2. The predicted molar refractivity (Wildman–Crippen MR) is 147 cm³/mol. The molecule has 40 heavy (non-hydrogen) atoms. The summed E-state index contributed by atoms with van der Waals surface area (Å²) in [6.45, 7) is 10.3. The van der Waals surface area contributed by atoms with Crippen LogP contribution in [-0.4, -0.2) is 58.6 Å². The molecule has 3 N–H and O–H groups in total. The highest BCUT2D eigenvalue weighted by Crippen LogP contribution is 2.33. The van der Waals surface area contributed by atoms with Crippen molar-refractivity contribution in [1.29, 1.82) is 5.41 Å². The normalized spacial score (nSPS) is 10.7. The molecule has 9 nitrogen and oxygen atoms in total. The number of benzene rings is 2. The second-order valence-electron chi connectivity index (χ2n) is 8.82. The quantitative estimate of drug-likeness (QED) is 0.239. The summed E-state index contributed by atoms with van der Waals surface area (Å²) in [7, 11) is 0. The summed E-state index contributed by atoms with van der Waals surface area (Å²) in [4.78, 5) is 33.4. The van der Waals surface area contributed by atoms with Crippen LogP contribution >= 0.6 is 0 Å². The molecule has 3 rings (SSSR count). The van der Waals surface area contributed by atoms with Gasteiger partial charge in [-0.15, -0.1) is 0 Å². The van der Waals surface area contributed by atoms with Crippen molar-refractivity contribution < 1.29 is 27.8 Å². The van der Waals surface area contributed by atoms with Crippen LogP contribution in [0.2, 0.25) is 0 Å². The third kappa shape index (κ3) is 6.53. The van der Waals surface area contributed by atoms with E-state index in [9.17, 15) is 14.0 Å². The van der Waals surface area contributed by atoms with Crippen molar-refractivity contribution in [2.45, 2.75) is 34.6 Å². The van der Waals surface area contributed by atoms with Gasteiger partial charge in [0, 0.05) is 48.4 Å². The summed E-state index contributed by atoms with van der Waals surface area (Å²) in [6, 6.07) is 10.3. The van der Waals surface area contributed by atoms with Crippen molar-refractivity contribution in [3.8, 4) is 23.3 Å². The number of nitrogens with zero attached hydrogens (tertiary/aromatic N) is 3. The molecule has 1 heterocycles. The number of nitrogens with two attached hydrogens (primary N) is 1. The van der Waals surface area contributed by atoms with Gasteiger partial charge in [0.15, 0.2) is 11.6 Å². The fourth-order valence-electron chi connectivity index (χ4n) is 3.98. The molecule has 0 aliphatic rings. The number of nitrogens with one attached hydrogen (secondary N) is 1. The number of hydrogen-bond donors (Lipinski definition) is 2. The molecule has 3 aromatic rings. The van der Waals surface area contributed by atoms with Crippen LogP contribution in [-0.2, 0) is 0 Å². The molecular formula is C29H33F2N5O4. The minimum Gasteiger partial charge on any atom is -0.436 e. The van der Waals surface area contributed by atoms with Gasteiger partial charge in [-0.3, -0.25) is 15.0 Å². The molecule has 0 unspecified atom stereocenters. The summed E-state index contributed by atoms with van der Waals surface area (Å²) < 4.78 is 41.4. The van der Waals surface area contributed by atoms with E-state index in [0.717, 1.165) is 0 Å². The van der Waals surface area contributed by atoms with Crippen LogP contribution in [0.3, 0.4) is 0 Å². The Balaban J connectivity index is 2.08. The Labute approximate surface area is 232 Å². The van der Waals surface area contributed by atoms with Crippen molar-refractivity contribution in [2.75, 3.05) is 26.2 Å². The van der Waals surface area contributed by atoms with Gasteiger partial charge in [0.25, 0.3) is 23.6 Å². The van der Waals surface area contributed by atoms with Gasteiger partial charge in [-0.05, 0) is 65.0 Å². The molecule has 1 aromatic heterocycles. The van der Waals surface area contributed by atoms with Crippen molar-refractivity contribution in [3.05, 3.63) is 76.4 Å². The lowest BCUT2D eigenvalue weighted by Crippen LogP contribution is -2.32. The first-order valence-electron chi connectivity index (χ1n) is 12.9. The Morgan fingerprint density at radius 1 is 0.800 bits per heavy atom. The zero-order valence-corrected chi connectivity index (χ0v) is 23.2.